The van der Waals surface area contributed by atoms with Gasteiger partial charge in [0.2, 0.25) is 3.79 Å². The largest absolute Gasteiger partial charge is 0.492 e. The Bertz CT molecular complexity index is 1240. The Morgan fingerprint density at radius 3 is 2.23 bits per heavy atom. The van der Waals surface area contributed by atoms with Crippen molar-refractivity contribution in [2.24, 2.45) is 0 Å². The van der Waals surface area contributed by atoms with Gasteiger partial charge >= 0.3 is 6.09 Å². The van der Waals surface area contributed by atoms with Crippen molar-refractivity contribution in [3.05, 3.63) is 82.4 Å². The number of anilines is 1. The molecule has 1 aliphatic rings. The van der Waals surface area contributed by atoms with Gasteiger partial charge in [0.15, 0.2) is 0 Å². The summed E-state index contributed by atoms with van der Waals surface area (Å²) in [6, 6.07) is 18.4. The van der Waals surface area contributed by atoms with Crippen molar-refractivity contribution in [2.45, 2.75) is 43.3 Å². The number of ether oxygens (including phenoxy) is 1. The highest BCUT2D eigenvalue weighted by Crippen LogP contribution is 2.52. The lowest BCUT2D eigenvalue weighted by Gasteiger charge is -2.29. The molecule has 3 aromatic carbocycles. The number of amides is 1. The smallest absolute Gasteiger partial charge is 0.411 e. The molecule has 0 fully saturated rings. The molecule has 1 aliphatic heterocycles. The maximum absolute atomic E-state index is 12.4. The molecule has 0 aromatic heterocycles. The van der Waals surface area contributed by atoms with Gasteiger partial charge in [-0.25, -0.2) is 4.79 Å². The minimum absolute atomic E-state index is 0.0450. The van der Waals surface area contributed by atoms with Gasteiger partial charge in [-0.2, -0.15) is 0 Å². The highest BCUT2D eigenvalue weighted by Gasteiger charge is 2.37. The maximum atomic E-state index is 12.4. The summed E-state index contributed by atoms with van der Waals surface area (Å²) in [4.78, 5) is 13.5. The number of nitrogens with zero attached hydrogens (tertiary/aromatic N) is 1. The minimum atomic E-state index is -1.77. The first kappa shape index (κ1) is 25.7. The van der Waals surface area contributed by atoms with Crippen LogP contribution in [0.3, 0.4) is 0 Å². The third kappa shape index (κ3) is 5.11. The molecule has 0 aliphatic carbocycles. The van der Waals surface area contributed by atoms with Gasteiger partial charge in [0.25, 0.3) is 0 Å². The zero-order valence-electron chi connectivity index (χ0n) is 20.1. The molecule has 0 bridgehead atoms. The first-order valence-corrected chi connectivity index (χ1v) is 12.6. The molecule has 35 heavy (non-hydrogen) atoms. The third-order valence-electron chi connectivity index (χ3n) is 6.61. The van der Waals surface area contributed by atoms with Crippen LogP contribution in [0.4, 0.5) is 10.5 Å². The molecule has 7 heteroatoms. The van der Waals surface area contributed by atoms with Gasteiger partial charge in [-0.3, -0.25) is 4.90 Å². The monoisotopic (exact) mass is 531 g/mol. The molecule has 0 saturated heterocycles. The Labute approximate surface area is 221 Å². The Morgan fingerprint density at radius 1 is 1.06 bits per heavy atom. The van der Waals surface area contributed by atoms with Gasteiger partial charge in [0.1, 0.15) is 5.75 Å². The molecule has 0 spiro atoms. The Morgan fingerprint density at radius 2 is 1.69 bits per heavy atom. The molecule has 1 amide bonds. The minimum Gasteiger partial charge on any atom is -0.492 e. The summed E-state index contributed by atoms with van der Waals surface area (Å²) in [6.45, 7) is 8.33. The normalized spacial score (nSPS) is 15.1. The Hall–Kier alpha value is -2.40. The zero-order chi connectivity index (χ0) is 25.5. The number of carboxylic acid groups (broad SMARTS) is 1. The fourth-order valence-corrected chi connectivity index (χ4v) is 5.34. The van der Waals surface area contributed by atoms with Crippen LogP contribution >= 0.6 is 34.8 Å². The Balaban J connectivity index is 1.97. The number of carbonyl (C=O) groups is 1. The summed E-state index contributed by atoms with van der Waals surface area (Å²) in [6.07, 6.45) is -1.18. The van der Waals surface area contributed by atoms with Crippen LogP contribution in [0.5, 0.6) is 5.75 Å². The SMILES string of the molecule is Cc1c(-c2ccccc2)c2c(c(C)c1N(CC(Cl)(Cl)Cl)C(=O)O)C(c1ccc(C(C)C)cc1)CO2. The van der Waals surface area contributed by atoms with Crippen molar-refractivity contribution in [1.82, 2.24) is 0 Å². The molecular formula is C28H28Cl3NO3. The Kier molecular flexibility index (Phi) is 7.28. The molecule has 0 radical (unpaired) electrons. The fourth-order valence-electron chi connectivity index (χ4n) is 4.98. The molecule has 4 nitrogen and oxygen atoms in total. The number of halogens is 3. The quantitative estimate of drug-likeness (QED) is 0.335. The molecule has 0 saturated carbocycles. The molecule has 3 aromatic rings. The first-order valence-electron chi connectivity index (χ1n) is 11.5. The van der Waals surface area contributed by atoms with Gasteiger partial charge in [-0.05, 0) is 47.6 Å². The summed E-state index contributed by atoms with van der Waals surface area (Å²) >= 11 is 18.2. The van der Waals surface area contributed by atoms with Crippen LogP contribution in [-0.2, 0) is 0 Å². The van der Waals surface area contributed by atoms with E-state index >= 15 is 0 Å². The average molecular weight is 533 g/mol. The summed E-state index contributed by atoms with van der Waals surface area (Å²) in [7, 11) is 0. The zero-order valence-corrected chi connectivity index (χ0v) is 22.4. The van der Waals surface area contributed by atoms with E-state index in [-0.39, 0.29) is 12.5 Å². The molecule has 1 atom stereocenters. The van der Waals surface area contributed by atoms with E-state index in [1.807, 2.05) is 44.2 Å². The molecule has 4 rings (SSSR count). The number of alkyl halides is 3. The topological polar surface area (TPSA) is 49.8 Å². The second-order valence-electron chi connectivity index (χ2n) is 9.25. The lowest BCUT2D eigenvalue weighted by molar-refractivity contribution is 0.202. The molecule has 184 valence electrons. The van der Waals surface area contributed by atoms with Crippen molar-refractivity contribution in [1.29, 1.82) is 0 Å². The van der Waals surface area contributed by atoms with E-state index in [4.69, 9.17) is 39.5 Å². The number of rotatable bonds is 5. The highest BCUT2D eigenvalue weighted by atomic mass is 35.6. The lowest BCUT2D eigenvalue weighted by Crippen LogP contribution is -2.38. The predicted molar refractivity (Wildman–Crippen MR) is 145 cm³/mol. The summed E-state index contributed by atoms with van der Waals surface area (Å²) in [5, 5.41) is 10.1. The highest BCUT2D eigenvalue weighted by molar-refractivity contribution is 6.68. The summed E-state index contributed by atoms with van der Waals surface area (Å²) < 4.78 is 4.57. The fraction of sp³-hybridized carbons (Fsp3) is 0.321. The van der Waals surface area contributed by atoms with Crippen LogP contribution in [0.25, 0.3) is 11.1 Å². The van der Waals surface area contributed by atoms with E-state index in [0.717, 1.165) is 44.0 Å². The van der Waals surface area contributed by atoms with Crippen LogP contribution in [0, 0.1) is 13.8 Å². The molecular weight excluding hydrogens is 505 g/mol. The van der Waals surface area contributed by atoms with Gasteiger partial charge < -0.3 is 9.84 Å². The van der Waals surface area contributed by atoms with Gasteiger partial charge in [-0.15, -0.1) is 0 Å². The number of hydrogen-bond donors (Lipinski definition) is 1. The van der Waals surface area contributed by atoms with Crippen LogP contribution < -0.4 is 9.64 Å². The van der Waals surface area contributed by atoms with Crippen molar-refractivity contribution in [3.63, 3.8) is 0 Å². The van der Waals surface area contributed by atoms with E-state index in [1.165, 1.54) is 5.56 Å². The standard InChI is InChI=1S/C28H28Cl3NO3/c1-16(2)19-10-12-20(13-11-19)22-14-35-26-23(21-8-6-5-7-9-21)17(3)25(18(4)24(22)26)32(27(33)34)15-28(29,30)31/h5-13,16,22H,14-15H2,1-4H3,(H,33,34). The van der Waals surface area contributed by atoms with E-state index in [2.05, 4.69) is 38.1 Å². The van der Waals surface area contributed by atoms with Crippen LogP contribution in [-0.4, -0.2) is 28.1 Å². The summed E-state index contributed by atoms with van der Waals surface area (Å²) in [5.41, 5.74) is 7.25. The van der Waals surface area contributed by atoms with Gasteiger partial charge in [0, 0.05) is 17.0 Å². The second-order valence-corrected chi connectivity index (χ2v) is 11.8. The maximum Gasteiger partial charge on any atom is 0.411 e. The van der Waals surface area contributed by atoms with Crippen molar-refractivity contribution < 1.29 is 14.6 Å². The number of fused-ring (bicyclic) bond motifs is 1. The van der Waals surface area contributed by atoms with Gasteiger partial charge in [-0.1, -0.05) is 103 Å². The van der Waals surface area contributed by atoms with Crippen molar-refractivity contribution >= 4 is 46.6 Å². The number of hydrogen-bond acceptors (Lipinski definition) is 2. The van der Waals surface area contributed by atoms with E-state index in [9.17, 15) is 9.90 Å². The average Bonchev–Trinajstić information content (AvgIpc) is 3.23. The van der Waals surface area contributed by atoms with Crippen molar-refractivity contribution in [3.8, 4) is 16.9 Å². The van der Waals surface area contributed by atoms with Crippen molar-refractivity contribution in [2.75, 3.05) is 18.1 Å². The number of benzene rings is 3. The molecule has 1 heterocycles. The van der Waals surface area contributed by atoms with Crippen LogP contribution in [0.15, 0.2) is 54.6 Å². The van der Waals surface area contributed by atoms with E-state index in [0.29, 0.717) is 18.2 Å². The van der Waals surface area contributed by atoms with E-state index < -0.39 is 9.89 Å². The van der Waals surface area contributed by atoms with Gasteiger partial charge in [0.05, 0.1) is 18.8 Å². The van der Waals surface area contributed by atoms with E-state index in [1.54, 1.807) is 0 Å². The lowest BCUT2D eigenvalue weighted by atomic mass is 9.84. The van der Waals surface area contributed by atoms with Crippen LogP contribution in [0.2, 0.25) is 0 Å². The second kappa shape index (κ2) is 9.93. The summed E-state index contributed by atoms with van der Waals surface area (Å²) in [5.74, 6) is 1.17. The molecule has 1 unspecified atom stereocenters. The third-order valence-corrected chi connectivity index (χ3v) is 6.97. The molecule has 1 N–H and O–H groups in total. The predicted octanol–water partition coefficient (Wildman–Crippen LogP) is 8.47. The first-order chi connectivity index (χ1) is 16.5. The van der Waals surface area contributed by atoms with Crippen LogP contribution in [0.1, 0.15) is 53.5 Å².